The molecule has 3 heteroatoms. The van der Waals surface area contributed by atoms with Gasteiger partial charge in [-0.25, -0.2) is 0 Å². The summed E-state index contributed by atoms with van der Waals surface area (Å²) in [7, 11) is 9.78. The van der Waals surface area contributed by atoms with E-state index in [1.54, 1.807) is 11.8 Å². The number of rotatable bonds is 0. The summed E-state index contributed by atoms with van der Waals surface area (Å²) in [5.41, 5.74) is 0. The van der Waals surface area contributed by atoms with Crippen molar-refractivity contribution in [3.05, 3.63) is 63.2 Å². The fourth-order valence-electron chi connectivity index (χ4n) is 3.06. The first-order valence-electron chi connectivity index (χ1n) is 6.25. The fraction of sp³-hybridized carbons (Fsp3) is 0.333. The molecule has 18 heavy (non-hydrogen) atoms. The van der Waals surface area contributed by atoms with Crippen molar-refractivity contribution in [3.8, 4) is 0 Å². The maximum absolute atomic E-state index is 4.89. The van der Waals surface area contributed by atoms with Crippen LogP contribution in [0.3, 0.4) is 0 Å². The molecule has 4 aliphatic rings. The number of hydrogen-bond donors (Lipinski definition) is 0. The molecular formula is C15H16Cl2Ti. The van der Waals surface area contributed by atoms with Crippen LogP contribution >= 0.6 is 18.6 Å². The Labute approximate surface area is 129 Å². The van der Waals surface area contributed by atoms with E-state index in [0.29, 0.717) is 0 Å². The molecule has 10 radical (unpaired) electrons. The van der Waals surface area contributed by atoms with Gasteiger partial charge in [0.05, 0.1) is 0 Å². The van der Waals surface area contributed by atoms with Gasteiger partial charge in [-0.3, -0.25) is 0 Å². The zero-order valence-electron chi connectivity index (χ0n) is 10.2. The van der Waals surface area contributed by atoms with E-state index in [4.69, 9.17) is 18.6 Å². The van der Waals surface area contributed by atoms with Crippen molar-refractivity contribution in [1.82, 2.24) is 0 Å². The molecule has 0 spiro atoms. The molecule has 0 amide bonds. The van der Waals surface area contributed by atoms with Gasteiger partial charge < -0.3 is 0 Å². The Morgan fingerprint density at radius 2 is 1.17 bits per heavy atom. The Kier molecular flexibility index (Phi) is 7.45. The Morgan fingerprint density at radius 3 is 1.56 bits per heavy atom. The van der Waals surface area contributed by atoms with E-state index in [2.05, 4.69) is 19.3 Å². The molecule has 0 aliphatic heterocycles. The zero-order chi connectivity index (χ0) is 12.8. The van der Waals surface area contributed by atoms with Crippen LogP contribution in [0.4, 0.5) is 0 Å². The molecule has 4 rings (SSSR count). The molecule has 2 atom stereocenters. The fourth-order valence-corrected chi connectivity index (χ4v) is 3.06. The van der Waals surface area contributed by atoms with E-state index in [0.717, 1.165) is 11.8 Å². The molecule has 4 fully saturated rings. The molecule has 0 nitrogen and oxygen atoms in total. The second-order valence-corrected chi connectivity index (χ2v) is 7.26. The standard InChI is InChI=1S/C10H11.C5H5.2ClH.Ti/c1-2-9-7-4-5-8(6-7)10(9)3-1;1-2-4-5-3-1;;;/h1-3,7-8H,4-6H2;1-5H;2*1H;/q;;;;+2/p-2. The minimum absolute atomic E-state index is 0.556. The Bertz CT molecular complexity index is 207. The predicted octanol–water partition coefficient (Wildman–Crippen LogP) is 4.59. The number of halogens is 2. The van der Waals surface area contributed by atoms with E-state index in [1.807, 2.05) is 32.1 Å². The summed E-state index contributed by atoms with van der Waals surface area (Å²) >= 11 is -0.556. The third-order valence-electron chi connectivity index (χ3n) is 3.75. The predicted molar refractivity (Wildman–Crippen MR) is 73.4 cm³/mol. The van der Waals surface area contributed by atoms with Crippen LogP contribution in [0, 0.1) is 75.0 Å². The second kappa shape index (κ2) is 8.55. The molecule has 0 aromatic rings. The van der Waals surface area contributed by atoms with Crippen molar-refractivity contribution < 1.29 is 17.0 Å². The average molecular weight is 315 g/mol. The minimum atomic E-state index is -0.556. The van der Waals surface area contributed by atoms with Crippen LogP contribution in [0.2, 0.25) is 0 Å². The molecule has 4 saturated carbocycles. The third-order valence-corrected chi connectivity index (χ3v) is 3.75. The van der Waals surface area contributed by atoms with Gasteiger partial charge in [-0.05, 0) is 94.3 Å². The van der Waals surface area contributed by atoms with Gasteiger partial charge in [0.25, 0.3) is 0 Å². The van der Waals surface area contributed by atoms with Crippen LogP contribution < -0.4 is 0 Å². The van der Waals surface area contributed by atoms with Gasteiger partial charge in [0.15, 0.2) is 0 Å². The van der Waals surface area contributed by atoms with Gasteiger partial charge in [-0.1, -0.05) is 0 Å². The van der Waals surface area contributed by atoms with Crippen molar-refractivity contribution in [3.63, 3.8) is 0 Å². The summed E-state index contributed by atoms with van der Waals surface area (Å²) in [6.07, 6.45) is 21.2. The van der Waals surface area contributed by atoms with E-state index < -0.39 is 17.0 Å². The maximum atomic E-state index is 4.89. The van der Waals surface area contributed by atoms with E-state index >= 15 is 0 Å². The molecule has 4 aliphatic carbocycles. The Hall–Kier alpha value is 1.29. The topological polar surface area (TPSA) is 0 Å². The van der Waals surface area contributed by atoms with Crippen molar-refractivity contribution in [1.29, 1.82) is 0 Å². The summed E-state index contributed by atoms with van der Waals surface area (Å²) in [6, 6.07) is 0. The number of fused-ring (bicyclic) bond motifs is 5. The molecule has 94 valence electrons. The van der Waals surface area contributed by atoms with Crippen LogP contribution in [0.15, 0.2) is 0 Å². The molecule has 2 bridgehead atoms. The van der Waals surface area contributed by atoms with Crippen molar-refractivity contribution in [2.45, 2.75) is 19.3 Å². The molecule has 0 heterocycles. The average Bonchev–Trinajstić information content (AvgIpc) is 3.17. The van der Waals surface area contributed by atoms with Crippen LogP contribution in [0.1, 0.15) is 19.3 Å². The summed E-state index contributed by atoms with van der Waals surface area (Å²) in [4.78, 5) is 0. The molecule has 2 unspecified atom stereocenters. The number of hydrogen-bond acceptors (Lipinski definition) is 0. The molecule has 0 saturated heterocycles. The normalized spacial score (nSPS) is 33.4. The van der Waals surface area contributed by atoms with Gasteiger partial charge in [-0.2, -0.15) is 0 Å². The monoisotopic (exact) mass is 314 g/mol. The Morgan fingerprint density at radius 1 is 0.778 bits per heavy atom. The van der Waals surface area contributed by atoms with Crippen LogP contribution in [-0.4, -0.2) is 0 Å². The van der Waals surface area contributed by atoms with Crippen LogP contribution in [-0.2, 0) is 17.0 Å². The van der Waals surface area contributed by atoms with Gasteiger partial charge in [0.1, 0.15) is 0 Å². The van der Waals surface area contributed by atoms with Gasteiger partial charge in [0.2, 0.25) is 0 Å². The zero-order valence-corrected chi connectivity index (χ0v) is 13.2. The van der Waals surface area contributed by atoms with Crippen molar-refractivity contribution in [2.24, 2.45) is 11.8 Å². The van der Waals surface area contributed by atoms with Gasteiger partial charge in [-0.15, -0.1) is 0 Å². The molecular weight excluding hydrogens is 299 g/mol. The first-order chi connectivity index (χ1) is 8.86. The van der Waals surface area contributed by atoms with Gasteiger partial charge in [0, 0.05) is 0 Å². The van der Waals surface area contributed by atoms with E-state index in [1.165, 1.54) is 19.3 Å². The molecule has 0 aromatic heterocycles. The van der Waals surface area contributed by atoms with Gasteiger partial charge >= 0.3 is 35.6 Å². The van der Waals surface area contributed by atoms with Crippen LogP contribution in [0.25, 0.3) is 0 Å². The molecule has 0 aromatic carbocycles. The first-order valence-corrected chi connectivity index (χ1v) is 10.5. The summed E-state index contributed by atoms with van der Waals surface area (Å²) < 4.78 is 0. The SMILES string of the molecule is [CH]1[CH][CH][CH][CH]1.[CH]1[CH][C]2[C]([CH]1)C1CCC2C1.[Cl][Ti][Cl]. The van der Waals surface area contributed by atoms with Crippen molar-refractivity contribution in [2.75, 3.05) is 0 Å². The summed E-state index contributed by atoms with van der Waals surface area (Å²) in [5, 5.41) is 0. The van der Waals surface area contributed by atoms with E-state index in [-0.39, 0.29) is 0 Å². The van der Waals surface area contributed by atoms with Crippen LogP contribution in [0.5, 0.6) is 0 Å². The summed E-state index contributed by atoms with van der Waals surface area (Å²) in [6.45, 7) is 0. The Balaban J connectivity index is 0.000000128. The molecule has 0 N–H and O–H groups in total. The second-order valence-electron chi connectivity index (χ2n) is 4.68. The van der Waals surface area contributed by atoms with Crippen molar-refractivity contribution >= 4 is 18.6 Å². The third kappa shape index (κ3) is 4.14. The van der Waals surface area contributed by atoms with E-state index in [9.17, 15) is 0 Å². The quantitative estimate of drug-likeness (QED) is 0.574. The summed E-state index contributed by atoms with van der Waals surface area (Å²) in [5.74, 6) is 5.26. The first kappa shape index (κ1) is 15.7.